The fourth-order valence-electron chi connectivity index (χ4n) is 5.26. The van der Waals surface area contributed by atoms with Crippen molar-refractivity contribution in [2.75, 3.05) is 0 Å². The zero-order valence-electron chi connectivity index (χ0n) is 16.1. The van der Waals surface area contributed by atoms with Gasteiger partial charge in [0.1, 0.15) is 0 Å². The fraction of sp³-hybridized carbons (Fsp3) is 0.480. The Balaban J connectivity index is 1.59. The van der Waals surface area contributed by atoms with Gasteiger partial charge in [0.25, 0.3) is 0 Å². The third-order valence-corrected chi connectivity index (χ3v) is 6.64. The molecule has 0 aliphatic heterocycles. The molecule has 2 nitrogen and oxygen atoms in total. The standard InChI is InChI=1S/C25H31NO/c27-25(23(20-13-7-8-14-20)19-11-3-1-4-12-19)26-24(22-17-9-10-18-22)21-15-5-2-6-16-21/h1-6,11-12,15-16,20,22-24H,7-10,13-14,17-18H2,(H,26,27)/t23-,24-/m1/s1. The van der Waals surface area contributed by atoms with Crippen LogP contribution in [0.1, 0.15) is 74.5 Å². The number of carbonyl (C=O) groups excluding carboxylic acids is 1. The first-order valence-electron chi connectivity index (χ1n) is 10.7. The maximum atomic E-state index is 13.6. The zero-order valence-corrected chi connectivity index (χ0v) is 16.1. The van der Waals surface area contributed by atoms with E-state index in [1.807, 2.05) is 6.07 Å². The summed E-state index contributed by atoms with van der Waals surface area (Å²) in [6.45, 7) is 0. The summed E-state index contributed by atoms with van der Waals surface area (Å²) in [6.07, 6.45) is 9.87. The lowest BCUT2D eigenvalue weighted by Crippen LogP contribution is -2.38. The van der Waals surface area contributed by atoms with E-state index in [9.17, 15) is 4.79 Å². The zero-order chi connectivity index (χ0) is 18.5. The Kier molecular flexibility index (Phi) is 5.91. The summed E-state index contributed by atoms with van der Waals surface area (Å²) in [5.41, 5.74) is 2.44. The predicted octanol–water partition coefficient (Wildman–Crippen LogP) is 6.01. The molecule has 0 heterocycles. The molecule has 2 fully saturated rings. The third-order valence-electron chi connectivity index (χ3n) is 6.64. The smallest absolute Gasteiger partial charge is 0.228 e. The first-order valence-corrected chi connectivity index (χ1v) is 10.7. The van der Waals surface area contributed by atoms with Crippen molar-refractivity contribution in [3.05, 3.63) is 71.8 Å². The summed E-state index contributed by atoms with van der Waals surface area (Å²) >= 11 is 0. The second kappa shape index (κ2) is 8.73. The second-order valence-electron chi connectivity index (χ2n) is 8.37. The highest BCUT2D eigenvalue weighted by molar-refractivity contribution is 5.84. The van der Waals surface area contributed by atoms with Gasteiger partial charge in [0, 0.05) is 0 Å². The van der Waals surface area contributed by atoms with E-state index in [-0.39, 0.29) is 17.9 Å². The van der Waals surface area contributed by atoms with E-state index < -0.39 is 0 Å². The van der Waals surface area contributed by atoms with Crippen LogP contribution >= 0.6 is 0 Å². The van der Waals surface area contributed by atoms with Crippen molar-refractivity contribution < 1.29 is 4.79 Å². The molecule has 1 amide bonds. The largest absolute Gasteiger partial charge is 0.348 e. The Morgan fingerprint density at radius 3 is 1.74 bits per heavy atom. The molecule has 0 aromatic heterocycles. The lowest BCUT2D eigenvalue weighted by atomic mass is 9.83. The van der Waals surface area contributed by atoms with Crippen LogP contribution in [0.2, 0.25) is 0 Å². The molecule has 2 atom stereocenters. The molecular weight excluding hydrogens is 330 g/mol. The minimum Gasteiger partial charge on any atom is -0.348 e. The van der Waals surface area contributed by atoms with Gasteiger partial charge in [0.05, 0.1) is 12.0 Å². The molecular formula is C25H31NO. The molecule has 2 heteroatoms. The number of hydrogen-bond donors (Lipinski definition) is 1. The number of carbonyl (C=O) groups is 1. The minimum absolute atomic E-state index is 0.0127. The molecule has 0 radical (unpaired) electrons. The highest BCUT2D eigenvalue weighted by atomic mass is 16.2. The van der Waals surface area contributed by atoms with Crippen LogP contribution < -0.4 is 5.32 Å². The van der Waals surface area contributed by atoms with Crippen molar-refractivity contribution in [3.8, 4) is 0 Å². The van der Waals surface area contributed by atoms with Crippen LogP contribution in [0.3, 0.4) is 0 Å². The Morgan fingerprint density at radius 2 is 1.19 bits per heavy atom. The van der Waals surface area contributed by atoms with Crippen LogP contribution in [0.5, 0.6) is 0 Å². The maximum absolute atomic E-state index is 13.6. The quantitative estimate of drug-likeness (QED) is 0.671. The molecule has 0 bridgehead atoms. The van der Waals surface area contributed by atoms with Crippen molar-refractivity contribution in [3.63, 3.8) is 0 Å². The van der Waals surface area contributed by atoms with Gasteiger partial charge < -0.3 is 5.32 Å². The van der Waals surface area contributed by atoms with Gasteiger partial charge in [-0.3, -0.25) is 4.79 Å². The van der Waals surface area contributed by atoms with Gasteiger partial charge in [-0.1, -0.05) is 86.3 Å². The first kappa shape index (κ1) is 18.3. The average Bonchev–Trinajstić information content (AvgIpc) is 3.42. The van der Waals surface area contributed by atoms with E-state index in [4.69, 9.17) is 0 Å². The van der Waals surface area contributed by atoms with Crippen LogP contribution in [0.25, 0.3) is 0 Å². The molecule has 2 aliphatic rings. The summed E-state index contributed by atoms with van der Waals surface area (Å²) in [4.78, 5) is 13.6. The van der Waals surface area contributed by atoms with Crippen LogP contribution in [0.15, 0.2) is 60.7 Å². The highest BCUT2D eigenvalue weighted by Gasteiger charge is 2.35. The van der Waals surface area contributed by atoms with Crippen molar-refractivity contribution in [2.24, 2.45) is 11.8 Å². The van der Waals surface area contributed by atoms with Crippen molar-refractivity contribution >= 4 is 5.91 Å². The molecule has 0 unspecified atom stereocenters. The van der Waals surface area contributed by atoms with Crippen LogP contribution in [0, 0.1) is 11.8 Å². The van der Waals surface area contributed by atoms with E-state index in [0.717, 1.165) is 0 Å². The molecule has 2 aromatic carbocycles. The summed E-state index contributed by atoms with van der Waals surface area (Å²) in [5, 5.41) is 3.51. The maximum Gasteiger partial charge on any atom is 0.228 e. The average molecular weight is 362 g/mol. The van der Waals surface area contributed by atoms with Crippen LogP contribution in [-0.2, 0) is 4.79 Å². The Morgan fingerprint density at radius 1 is 0.704 bits per heavy atom. The molecule has 2 saturated carbocycles. The van der Waals surface area contributed by atoms with E-state index in [0.29, 0.717) is 11.8 Å². The molecule has 2 aliphatic carbocycles. The van der Waals surface area contributed by atoms with Crippen LogP contribution in [-0.4, -0.2) is 5.91 Å². The van der Waals surface area contributed by atoms with Gasteiger partial charge >= 0.3 is 0 Å². The van der Waals surface area contributed by atoms with E-state index in [1.165, 1.54) is 62.5 Å². The van der Waals surface area contributed by atoms with E-state index in [2.05, 4.69) is 59.9 Å². The van der Waals surface area contributed by atoms with Gasteiger partial charge in [0.2, 0.25) is 5.91 Å². The predicted molar refractivity (Wildman–Crippen MR) is 110 cm³/mol. The fourth-order valence-corrected chi connectivity index (χ4v) is 5.26. The SMILES string of the molecule is O=C(N[C@H](c1ccccc1)C1CCCC1)[C@H](c1ccccc1)C1CCCC1. The second-order valence-corrected chi connectivity index (χ2v) is 8.37. The number of hydrogen-bond acceptors (Lipinski definition) is 1. The summed E-state index contributed by atoms with van der Waals surface area (Å²) in [7, 11) is 0. The van der Waals surface area contributed by atoms with Crippen molar-refractivity contribution in [1.29, 1.82) is 0 Å². The minimum atomic E-state index is -0.0127. The monoisotopic (exact) mass is 361 g/mol. The third kappa shape index (κ3) is 4.26. The Labute approximate surface area is 163 Å². The highest BCUT2D eigenvalue weighted by Crippen LogP contribution is 2.40. The van der Waals surface area contributed by atoms with E-state index in [1.54, 1.807) is 0 Å². The number of amides is 1. The number of nitrogens with one attached hydrogen (secondary N) is 1. The summed E-state index contributed by atoms with van der Waals surface area (Å²) in [6, 6.07) is 21.2. The Hall–Kier alpha value is -2.09. The number of rotatable bonds is 6. The van der Waals surface area contributed by atoms with Gasteiger partial charge in [-0.2, -0.15) is 0 Å². The normalized spacial score (nSPS) is 20.4. The lowest BCUT2D eigenvalue weighted by Gasteiger charge is -2.30. The lowest BCUT2D eigenvalue weighted by molar-refractivity contribution is -0.125. The van der Waals surface area contributed by atoms with E-state index >= 15 is 0 Å². The summed E-state index contributed by atoms with van der Waals surface area (Å²) < 4.78 is 0. The van der Waals surface area contributed by atoms with Crippen molar-refractivity contribution in [1.82, 2.24) is 5.32 Å². The van der Waals surface area contributed by atoms with Gasteiger partial charge in [-0.05, 0) is 48.6 Å². The first-order chi connectivity index (χ1) is 13.3. The number of benzene rings is 2. The molecule has 2 aromatic rings. The molecule has 0 spiro atoms. The molecule has 1 N–H and O–H groups in total. The van der Waals surface area contributed by atoms with Crippen molar-refractivity contribution in [2.45, 2.75) is 63.3 Å². The van der Waals surface area contributed by atoms with Gasteiger partial charge in [0.15, 0.2) is 0 Å². The van der Waals surface area contributed by atoms with Gasteiger partial charge in [-0.25, -0.2) is 0 Å². The van der Waals surface area contributed by atoms with Crippen LogP contribution in [0.4, 0.5) is 0 Å². The Bertz CT molecular complexity index is 715. The topological polar surface area (TPSA) is 29.1 Å². The molecule has 0 saturated heterocycles. The molecule has 142 valence electrons. The van der Waals surface area contributed by atoms with Gasteiger partial charge in [-0.15, -0.1) is 0 Å². The summed E-state index contributed by atoms with van der Waals surface area (Å²) in [5.74, 6) is 1.26. The molecule has 27 heavy (non-hydrogen) atoms. The molecule has 4 rings (SSSR count).